The minimum absolute atomic E-state index is 0.405. The van der Waals surface area contributed by atoms with Crippen LogP contribution in [0.5, 0.6) is 0 Å². The SMILES string of the molecule is CC(C)C(NC(=O)C(NC(=O)CN)C(C)O)C(=O)NC(CC(N)=O)C(=O)O. The van der Waals surface area contributed by atoms with Crippen LogP contribution >= 0.6 is 0 Å². The number of carboxylic acid groups (broad SMARTS) is 1. The lowest BCUT2D eigenvalue weighted by atomic mass is 10.0. The van der Waals surface area contributed by atoms with E-state index in [1.165, 1.54) is 6.92 Å². The molecule has 0 aromatic carbocycles. The zero-order valence-corrected chi connectivity index (χ0v) is 15.4. The first kappa shape index (κ1) is 24.3. The van der Waals surface area contributed by atoms with Gasteiger partial charge in [0.2, 0.25) is 23.6 Å². The highest BCUT2D eigenvalue weighted by Crippen LogP contribution is 2.05. The number of hydrogen-bond donors (Lipinski definition) is 7. The van der Waals surface area contributed by atoms with Crippen molar-refractivity contribution in [3.05, 3.63) is 0 Å². The van der Waals surface area contributed by atoms with E-state index in [0.717, 1.165) is 0 Å². The van der Waals surface area contributed by atoms with Crippen LogP contribution in [0.3, 0.4) is 0 Å². The summed E-state index contributed by atoms with van der Waals surface area (Å²) in [7, 11) is 0. The number of nitrogens with one attached hydrogen (secondary N) is 3. The number of hydrogen-bond acceptors (Lipinski definition) is 7. The summed E-state index contributed by atoms with van der Waals surface area (Å²) in [5, 5.41) is 25.4. The van der Waals surface area contributed by atoms with E-state index in [1.807, 2.05) is 0 Å². The van der Waals surface area contributed by atoms with E-state index < -0.39 is 72.7 Å². The number of carbonyl (C=O) groups excluding carboxylic acids is 4. The maximum Gasteiger partial charge on any atom is 0.326 e. The van der Waals surface area contributed by atoms with Crippen molar-refractivity contribution in [2.24, 2.45) is 17.4 Å². The number of rotatable bonds is 11. The van der Waals surface area contributed by atoms with E-state index >= 15 is 0 Å². The summed E-state index contributed by atoms with van der Waals surface area (Å²) in [5.74, 6) is -5.27. The number of carbonyl (C=O) groups is 5. The van der Waals surface area contributed by atoms with Gasteiger partial charge in [-0.15, -0.1) is 0 Å². The number of carboxylic acids is 1. The Morgan fingerprint density at radius 3 is 1.81 bits per heavy atom. The molecule has 0 radical (unpaired) electrons. The molecule has 0 saturated carbocycles. The highest BCUT2D eigenvalue weighted by molar-refractivity contribution is 5.94. The predicted octanol–water partition coefficient (Wildman–Crippen LogP) is -3.60. The molecule has 0 aliphatic rings. The summed E-state index contributed by atoms with van der Waals surface area (Å²) >= 11 is 0. The maximum absolute atomic E-state index is 12.4. The average molecular weight is 389 g/mol. The van der Waals surface area contributed by atoms with E-state index in [0.29, 0.717) is 0 Å². The predicted molar refractivity (Wildman–Crippen MR) is 92.8 cm³/mol. The van der Waals surface area contributed by atoms with Crippen LogP contribution in [0.25, 0.3) is 0 Å². The Morgan fingerprint density at radius 1 is 0.926 bits per heavy atom. The number of aliphatic hydroxyl groups is 1. The van der Waals surface area contributed by atoms with Gasteiger partial charge < -0.3 is 37.6 Å². The lowest BCUT2D eigenvalue weighted by molar-refractivity contribution is -0.144. The quantitative estimate of drug-likeness (QED) is 0.187. The Labute approximate surface area is 156 Å². The number of amides is 4. The van der Waals surface area contributed by atoms with Crippen molar-refractivity contribution in [1.29, 1.82) is 0 Å². The second-order valence-corrected chi connectivity index (χ2v) is 6.29. The Bertz CT molecular complexity index is 579. The van der Waals surface area contributed by atoms with Crippen LogP contribution in [0.2, 0.25) is 0 Å². The van der Waals surface area contributed by atoms with Crippen LogP contribution in [0.4, 0.5) is 0 Å². The van der Waals surface area contributed by atoms with Crippen LogP contribution in [0, 0.1) is 5.92 Å². The largest absolute Gasteiger partial charge is 0.480 e. The Balaban J connectivity index is 5.27. The molecular formula is C15H27N5O7. The van der Waals surface area contributed by atoms with Gasteiger partial charge in [-0.2, -0.15) is 0 Å². The summed E-state index contributed by atoms with van der Waals surface area (Å²) < 4.78 is 0. The molecule has 0 heterocycles. The Kier molecular flexibility index (Phi) is 9.96. The third-order valence-electron chi connectivity index (χ3n) is 3.53. The second-order valence-electron chi connectivity index (χ2n) is 6.29. The van der Waals surface area contributed by atoms with Crippen molar-refractivity contribution in [2.75, 3.05) is 6.54 Å². The molecule has 0 saturated heterocycles. The minimum Gasteiger partial charge on any atom is -0.480 e. The first-order valence-electron chi connectivity index (χ1n) is 8.20. The zero-order chi connectivity index (χ0) is 21.3. The third kappa shape index (κ3) is 8.46. The van der Waals surface area contributed by atoms with E-state index in [9.17, 15) is 29.1 Å². The average Bonchev–Trinajstić information content (AvgIpc) is 2.54. The Morgan fingerprint density at radius 2 is 1.44 bits per heavy atom. The van der Waals surface area contributed by atoms with Crippen molar-refractivity contribution in [1.82, 2.24) is 16.0 Å². The summed E-state index contributed by atoms with van der Waals surface area (Å²) in [6.07, 6.45) is -1.90. The van der Waals surface area contributed by atoms with Gasteiger partial charge in [-0.25, -0.2) is 4.79 Å². The van der Waals surface area contributed by atoms with Crippen LogP contribution in [-0.2, 0) is 24.0 Å². The van der Waals surface area contributed by atoms with Gasteiger partial charge in [0.15, 0.2) is 0 Å². The van der Waals surface area contributed by atoms with E-state index in [-0.39, 0.29) is 0 Å². The lowest BCUT2D eigenvalue weighted by Crippen LogP contribution is -2.60. The molecule has 12 nitrogen and oxygen atoms in total. The molecule has 0 fully saturated rings. The number of primary amides is 1. The molecule has 0 aromatic rings. The number of nitrogens with two attached hydrogens (primary N) is 2. The van der Waals surface area contributed by atoms with Crippen molar-refractivity contribution in [3.8, 4) is 0 Å². The molecular weight excluding hydrogens is 362 g/mol. The normalized spacial score (nSPS) is 15.2. The van der Waals surface area contributed by atoms with E-state index in [1.54, 1.807) is 13.8 Å². The van der Waals surface area contributed by atoms with Gasteiger partial charge in [0, 0.05) is 0 Å². The smallest absolute Gasteiger partial charge is 0.326 e. The second kappa shape index (κ2) is 11.1. The van der Waals surface area contributed by atoms with Gasteiger partial charge in [-0.1, -0.05) is 13.8 Å². The van der Waals surface area contributed by atoms with Crippen molar-refractivity contribution in [3.63, 3.8) is 0 Å². The first-order chi connectivity index (χ1) is 12.4. The molecule has 4 atom stereocenters. The van der Waals surface area contributed by atoms with Gasteiger partial charge in [0.05, 0.1) is 19.1 Å². The highest BCUT2D eigenvalue weighted by atomic mass is 16.4. The van der Waals surface area contributed by atoms with Crippen LogP contribution in [0.1, 0.15) is 27.2 Å². The molecule has 0 aliphatic heterocycles. The van der Waals surface area contributed by atoms with Crippen LogP contribution in [-0.4, -0.2) is 70.6 Å². The van der Waals surface area contributed by atoms with Gasteiger partial charge in [-0.05, 0) is 12.8 Å². The fraction of sp³-hybridized carbons (Fsp3) is 0.667. The summed E-state index contributed by atoms with van der Waals surface area (Å²) in [5.41, 5.74) is 10.1. The van der Waals surface area contributed by atoms with Gasteiger partial charge in [0.1, 0.15) is 18.1 Å². The lowest BCUT2D eigenvalue weighted by Gasteiger charge is -2.27. The summed E-state index contributed by atoms with van der Waals surface area (Å²) in [4.78, 5) is 58.2. The molecule has 0 aromatic heterocycles. The summed E-state index contributed by atoms with van der Waals surface area (Å²) in [6, 6.07) is -4.11. The molecule has 9 N–H and O–H groups in total. The van der Waals surface area contributed by atoms with E-state index in [4.69, 9.17) is 16.6 Å². The molecule has 4 unspecified atom stereocenters. The van der Waals surface area contributed by atoms with Crippen molar-refractivity contribution in [2.45, 2.75) is 51.4 Å². The van der Waals surface area contributed by atoms with Gasteiger partial charge >= 0.3 is 5.97 Å². The summed E-state index contributed by atoms with van der Waals surface area (Å²) in [6.45, 7) is 4.03. The zero-order valence-electron chi connectivity index (χ0n) is 15.4. The molecule has 0 spiro atoms. The fourth-order valence-electron chi connectivity index (χ4n) is 2.08. The maximum atomic E-state index is 12.4. The third-order valence-corrected chi connectivity index (χ3v) is 3.53. The molecule has 27 heavy (non-hydrogen) atoms. The van der Waals surface area contributed by atoms with Gasteiger partial charge in [0.25, 0.3) is 0 Å². The van der Waals surface area contributed by atoms with Crippen molar-refractivity contribution >= 4 is 29.6 Å². The fourth-order valence-corrected chi connectivity index (χ4v) is 2.08. The highest BCUT2D eigenvalue weighted by Gasteiger charge is 2.33. The molecule has 0 bridgehead atoms. The molecule has 12 heteroatoms. The standard InChI is InChI=1S/C15H27N5O7/c1-6(2)11(13(24)18-8(15(26)27)4-9(17)22)20-14(25)12(7(3)21)19-10(23)5-16/h6-8,11-12,21H,4-5,16H2,1-3H3,(H2,17,22)(H,18,24)(H,19,23)(H,20,25)(H,26,27). The number of aliphatic carboxylic acids is 1. The van der Waals surface area contributed by atoms with Crippen LogP contribution in [0.15, 0.2) is 0 Å². The molecule has 4 amide bonds. The molecule has 0 aliphatic carbocycles. The van der Waals surface area contributed by atoms with E-state index in [2.05, 4.69) is 16.0 Å². The monoisotopic (exact) mass is 389 g/mol. The first-order valence-corrected chi connectivity index (χ1v) is 8.20. The number of aliphatic hydroxyl groups excluding tert-OH is 1. The van der Waals surface area contributed by atoms with Crippen molar-refractivity contribution < 1.29 is 34.2 Å². The molecule has 154 valence electrons. The van der Waals surface area contributed by atoms with Gasteiger partial charge in [-0.3, -0.25) is 19.2 Å². The topological polar surface area (TPSA) is 214 Å². The molecule has 0 rings (SSSR count). The van der Waals surface area contributed by atoms with Crippen LogP contribution < -0.4 is 27.4 Å². The minimum atomic E-state index is -1.56. The Hall–Kier alpha value is -2.73.